The van der Waals surface area contributed by atoms with Crippen molar-refractivity contribution in [2.45, 2.75) is 0 Å². The highest BCUT2D eigenvalue weighted by Gasteiger charge is 2.12. The highest BCUT2D eigenvalue weighted by atomic mass is 35.5. The summed E-state index contributed by atoms with van der Waals surface area (Å²) in [5, 5.41) is 11.5. The molecule has 0 saturated carbocycles. The summed E-state index contributed by atoms with van der Waals surface area (Å²) in [7, 11) is 0. The Labute approximate surface area is 196 Å². The Balaban J connectivity index is 1.36. The van der Waals surface area contributed by atoms with Gasteiger partial charge in [-0.25, -0.2) is 9.97 Å². The maximum atomic E-state index is 6.41. The summed E-state index contributed by atoms with van der Waals surface area (Å²) in [5.41, 5.74) is 2.69. The minimum atomic E-state index is 0.525. The topological polar surface area (TPSA) is 49.8 Å². The van der Waals surface area contributed by atoms with Gasteiger partial charge in [-0.15, -0.1) is 0 Å². The van der Waals surface area contributed by atoms with E-state index in [-0.39, 0.29) is 0 Å². The van der Waals surface area contributed by atoms with E-state index in [1.165, 1.54) is 10.8 Å². The fourth-order valence-corrected chi connectivity index (χ4v) is 4.18. The number of hydrogen-bond acceptors (Lipinski definition) is 4. The molecule has 5 rings (SSSR count). The minimum Gasteiger partial charge on any atom is -0.383 e. The van der Waals surface area contributed by atoms with Crippen LogP contribution in [-0.2, 0) is 0 Å². The van der Waals surface area contributed by atoms with Crippen LogP contribution < -0.4 is 10.6 Å². The fraction of sp³-hybridized carbons (Fsp3) is 0.0769. The summed E-state index contributed by atoms with van der Waals surface area (Å²) in [5.74, 6) is 1.34. The minimum absolute atomic E-state index is 0.525. The number of nitrogens with one attached hydrogen (secondary N) is 2. The molecule has 6 heteroatoms. The normalized spacial score (nSPS) is 11.1. The fourth-order valence-electron chi connectivity index (χ4n) is 3.69. The van der Waals surface area contributed by atoms with Crippen LogP contribution in [0.25, 0.3) is 33.1 Å². The lowest BCUT2D eigenvalue weighted by Gasteiger charge is -2.13. The lowest BCUT2D eigenvalue weighted by molar-refractivity contribution is 1.06. The number of hydrogen-bond donors (Lipinski definition) is 2. The molecule has 0 aliphatic heterocycles. The molecule has 0 bridgehead atoms. The molecular weight excluding hydrogens is 439 g/mol. The molecule has 0 atom stereocenters. The Morgan fingerprint density at radius 3 is 2.34 bits per heavy atom. The van der Waals surface area contributed by atoms with E-state index in [9.17, 15) is 0 Å². The van der Waals surface area contributed by atoms with Crippen molar-refractivity contribution in [2.75, 3.05) is 23.7 Å². The third-order valence-electron chi connectivity index (χ3n) is 5.27. The number of anilines is 2. The first kappa shape index (κ1) is 20.6. The van der Waals surface area contributed by atoms with Gasteiger partial charge in [-0.2, -0.15) is 0 Å². The van der Waals surface area contributed by atoms with Gasteiger partial charge in [-0.1, -0.05) is 65.7 Å². The van der Waals surface area contributed by atoms with Crippen molar-refractivity contribution >= 4 is 56.4 Å². The average Bonchev–Trinajstić information content (AvgIpc) is 2.81. The van der Waals surface area contributed by atoms with E-state index in [2.05, 4.69) is 53.1 Å². The zero-order valence-electron chi connectivity index (χ0n) is 17.1. The van der Waals surface area contributed by atoms with Gasteiger partial charge in [-0.3, -0.25) is 0 Å². The van der Waals surface area contributed by atoms with E-state index in [1.807, 2.05) is 30.3 Å². The van der Waals surface area contributed by atoms with Crippen molar-refractivity contribution in [1.82, 2.24) is 9.97 Å². The molecule has 32 heavy (non-hydrogen) atoms. The molecule has 0 aliphatic rings. The van der Waals surface area contributed by atoms with Crippen LogP contribution in [0.5, 0.6) is 0 Å². The van der Waals surface area contributed by atoms with Gasteiger partial charge in [0.1, 0.15) is 5.82 Å². The predicted molar refractivity (Wildman–Crippen MR) is 136 cm³/mol. The van der Waals surface area contributed by atoms with Crippen molar-refractivity contribution in [2.24, 2.45) is 0 Å². The lowest BCUT2D eigenvalue weighted by Crippen LogP contribution is -2.15. The Kier molecular flexibility index (Phi) is 5.80. The van der Waals surface area contributed by atoms with Gasteiger partial charge in [0.15, 0.2) is 5.82 Å². The van der Waals surface area contributed by atoms with Gasteiger partial charge < -0.3 is 10.6 Å². The second-order valence-electron chi connectivity index (χ2n) is 7.45. The molecule has 0 aliphatic carbocycles. The number of halogens is 2. The highest BCUT2D eigenvalue weighted by molar-refractivity contribution is 6.36. The van der Waals surface area contributed by atoms with E-state index in [0.717, 1.165) is 34.5 Å². The van der Waals surface area contributed by atoms with Gasteiger partial charge in [0, 0.05) is 34.7 Å². The number of fused-ring (bicyclic) bond motifs is 2. The zero-order valence-corrected chi connectivity index (χ0v) is 18.7. The van der Waals surface area contributed by atoms with Crippen LogP contribution >= 0.6 is 23.2 Å². The summed E-state index contributed by atoms with van der Waals surface area (Å²) in [6, 6.07) is 28.0. The quantitative estimate of drug-likeness (QED) is 0.262. The van der Waals surface area contributed by atoms with Crippen LogP contribution in [0, 0.1) is 0 Å². The maximum absolute atomic E-state index is 6.41. The van der Waals surface area contributed by atoms with Crippen LogP contribution in [0.2, 0.25) is 10.0 Å². The molecular formula is C26H20Cl2N4. The number of nitrogens with zero attached hydrogens (tertiary/aromatic N) is 2. The van der Waals surface area contributed by atoms with Gasteiger partial charge in [0.2, 0.25) is 0 Å². The van der Waals surface area contributed by atoms with Crippen molar-refractivity contribution in [3.05, 3.63) is 95.0 Å². The van der Waals surface area contributed by atoms with Gasteiger partial charge in [-0.05, 0) is 53.2 Å². The SMILES string of the molecule is Clc1ccc(-c2nc(NCCNc3ccc4ccccc4c3)c3ccccc3n2)c(Cl)c1. The molecule has 0 unspecified atom stereocenters. The van der Waals surface area contributed by atoms with Crippen molar-refractivity contribution in [1.29, 1.82) is 0 Å². The average molecular weight is 459 g/mol. The molecule has 4 aromatic carbocycles. The predicted octanol–water partition coefficient (Wildman–Crippen LogP) is 7.28. The monoisotopic (exact) mass is 458 g/mol. The molecule has 4 nitrogen and oxygen atoms in total. The Hall–Kier alpha value is -3.34. The van der Waals surface area contributed by atoms with E-state index in [1.54, 1.807) is 12.1 Å². The maximum Gasteiger partial charge on any atom is 0.163 e. The molecule has 2 N–H and O–H groups in total. The molecule has 0 amide bonds. The second-order valence-corrected chi connectivity index (χ2v) is 8.30. The number of benzene rings is 4. The van der Waals surface area contributed by atoms with E-state index >= 15 is 0 Å². The largest absolute Gasteiger partial charge is 0.383 e. The smallest absolute Gasteiger partial charge is 0.163 e. The van der Waals surface area contributed by atoms with Crippen LogP contribution in [-0.4, -0.2) is 23.1 Å². The second kappa shape index (κ2) is 9.03. The molecule has 0 fully saturated rings. The van der Waals surface area contributed by atoms with Gasteiger partial charge >= 0.3 is 0 Å². The van der Waals surface area contributed by atoms with Crippen molar-refractivity contribution in [3.63, 3.8) is 0 Å². The molecule has 1 heterocycles. The number of aromatic nitrogens is 2. The van der Waals surface area contributed by atoms with Gasteiger partial charge in [0.05, 0.1) is 10.5 Å². The Bertz CT molecular complexity index is 1420. The first-order valence-corrected chi connectivity index (χ1v) is 11.1. The molecule has 1 aromatic heterocycles. The Morgan fingerprint density at radius 1 is 0.688 bits per heavy atom. The molecule has 158 valence electrons. The zero-order chi connectivity index (χ0) is 21.9. The molecule has 0 saturated heterocycles. The number of rotatable bonds is 6. The van der Waals surface area contributed by atoms with Crippen LogP contribution in [0.1, 0.15) is 0 Å². The summed E-state index contributed by atoms with van der Waals surface area (Å²) in [4.78, 5) is 9.48. The first-order valence-electron chi connectivity index (χ1n) is 10.4. The van der Waals surface area contributed by atoms with Crippen LogP contribution in [0.3, 0.4) is 0 Å². The summed E-state index contributed by atoms with van der Waals surface area (Å²) in [6.45, 7) is 1.44. The summed E-state index contributed by atoms with van der Waals surface area (Å²) < 4.78 is 0. The first-order chi connectivity index (χ1) is 15.7. The molecule has 5 aromatic rings. The molecule has 0 spiro atoms. The standard InChI is InChI=1S/C26H20Cl2N4/c27-19-10-12-21(23(28)16-19)26-31-24-8-4-3-7-22(24)25(32-26)30-14-13-29-20-11-9-17-5-1-2-6-18(17)15-20/h1-12,15-16,29H,13-14H2,(H,30,31,32). The van der Waals surface area contributed by atoms with Crippen molar-refractivity contribution < 1.29 is 0 Å². The molecule has 0 radical (unpaired) electrons. The van der Waals surface area contributed by atoms with Crippen LogP contribution in [0.15, 0.2) is 84.9 Å². The van der Waals surface area contributed by atoms with E-state index in [0.29, 0.717) is 22.4 Å². The van der Waals surface area contributed by atoms with E-state index < -0.39 is 0 Å². The summed E-state index contributed by atoms with van der Waals surface area (Å²) >= 11 is 12.5. The summed E-state index contributed by atoms with van der Waals surface area (Å²) in [6.07, 6.45) is 0. The third kappa shape index (κ3) is 4.33. The Morgan fingerprint density at radius 2 is 1.47 bits per heavy atom. The van der Waals surface area contributed by atoms with Crippen molar-refractivity contribution in [3.8, 4) is 11.4 Å². The van der Waals surface area contributed by atoms with Gasteiger partial charge in [0.25, 0.3) is 0 Å². The highest BCUT2D eigenvalue weighted by Crippen LogP contribution is 2.31. The van der Waals surface area contributed by atoms with E-state index in [4.69, 9.17) is 33.2 Å². The lowest BCUT2D eigenvalue weighted by atomic mass is 10.1. The van der Waals surface area contributed by atoms with Crippen LogP contribution in [0.4, 0.5) is 11.5 Å². The third-order valence-corrected chi connectivity index (χ3v) is 5.82. The number of para-hydroxylation sites is 1.